The summed E-state index contributed by atoms with van der Waals surface area (Å²) in [6.07, 6.45) is 1.96. The molecule has 0 unspecified atom stereocenters. The van der Waals surface area contributed by atoms with Gasteiger partial charge in [0.05, 0.1) is 11.9 Å². The van der Waals surface area contributed by atoms with Crippen molar-refractivity contribution in [2.75, 3.05) is 17.1 Å². The van der Waals surface area contributed by atoms with E-state index in [1.165, 1.54) is 11.0 Å². The molecule has 0 aliphatic rings. The third-order valence-corrected chi connectivity index (χ3v) is 8.09. The molecule has 0 aliphatic carbocycles. The summed E-state index contributed by atoms with van der Waals surface area (Å²) in [4.78, 5) is 29.1. The van der Waals surface area contributed by atoms with Crippen LogP contribution in [0.5, 0.6) is 0 Å². The Kier molecular flexibility index (Phi) is 10.8. The van der Waals surface area contributed by atoms with E-state index in [4.69, 9.17) is 23.2 Å². The fraction of sp³-hybridized carbons (Fsp3) is 0.310. The van der Waals surface area contributed by atoms with E-state index < -0.39 is 28.5 Å². The highest BCUT2D eigenvalue weighted by Crippen LogP contribution is 2.24. The number of sulfonamides is 1. The van der Waals surface area contributed by atoms with Gasteiger partial charge in [-0.3, -0.25) is 13.9 Å². The monoisotopic (exact) mass is 589 g/mol. The molecule has 0 bridgehead atoms. The first-order chi connectivity index (χ1) is 18.5. The number of benzene rings is 3. The highest BCUT2D eigenvalue weighted by molar-refractivity contribution is 7.92. The number of hydrogen-bond acceptors (Lipinski definition) is 4. The summed E-state index contributed by atoms with van der Waals surface area (Å²) in [5, 5.41) is 3.76. The number of halogens is 2. The van der Waals surface area contributed by atoms with Crippen LogP contribution in [0.4, 0.5) is 5.69 Å². The summed E-state index contributed by atoms with van der Waals surface area (Å²) in [5.74, 6) is -0.886. The van der Waals surface area contributed by atoms with Crippen LogP contribution < -0.4 is 9.62 Å². The molecular formula is C29H33Cl2N3O4S. The highest BCUT2D eigenvalue weighted by Gasteiger charge is 2.33. The zero-order valence-corrected chi connectivity index (χ0v) is 24.5. The van der Waals surface area contributed by atoms with E-state index in [-0.39, 0.29) is 30.6 Å². The molecular weight excluding hydrogens is 557 g/mol. The van der Waals surface area contributed by atoms with Gasteiger partial charge in [-0.05, 0) is 48.7 Å². The smallest absolute Gasteiger partial charge is 0.244 e. The van der Waals surface area contributed by atoms with Crippen molar-refractivity contribution in [2.45, 2.75) is 45.3 Å². The maximum atomic E-state index is 14.0. The number of carbonyl (C=O) groups excluding carboxylic acids is 2. The van der Waals surface area contributed by atoms with Gasteiger partial charge in [0.2, 0.25) is 21.8 Å². The molecule has 3 aromatic rings. The number of rotatable bonds is 12. The van der Waals surface area contributed by atoms with Crippen LogP contribution in [0.3, 0.4) is 0 Å². The van der Waals surface area contributed by atoms with E-state index in [9.17, 15) is 18.0 Å². The summed E-state index contributed by atoms with van der Waals surface area (Å²) in [7, 11) is -3.87. The molecule has 0 spiro atoms. The van der Waals surface area contributed by atoms with Crippen molar-refractivity contribution < 1.29 is 18.0 Å². The fourth-order valence-corrected chi connectivity index (χ4v) is 5.27. The van der Waals surface area contributed by atoms with Gasteiger partial charge in [-0.1, -0.05) is 84.7 Å². The molecule has 0 radical (unpaired) electrons. The van der Waals surface area contributed by atoms with Gasteiger partial charge < -0.3 is 10.2 Å². The van der Waals surface area contributed by atoms with Gasteiger partial charge in [0.25, 0.3) is 0 Å². The Morgan fingerprint density at radius 2 is 1.62 bits per heavy atom. The second-order valence-electron chi connectivity index (χ2n) is 9.39. The van der Waals surface area contributed by atoms with Gasteiger partial charge in [0, 0.05) is 29.1 Å². The van der Waals surface area contributed by atoms with Crippen LogP contribution >= 0.6 is 23.2 Å². The van der Waals surface area contributed by atoms with Gasteiger partial charge in [-0.15, -0.1) is 0 Å². The van der Waals surface area contributed by atoms with Gasteiger partial charge in [-0.25, -0.2) is 8.42 Å². The lowest BCUT2D eigenvalue weighted by Gasteiger charge is -2.34. The lowest BCUT2D eigenvalue weighted by Crippen LogP contribution is -2.54. The maximum absolute atomic E-state index is 14.0. The Bertz CT molecular complexity index is 1390. The second kappa shape index (κ2) is 13.8. The standard InChI is InChI=1S/C29H33Cl2N3O4S/c1-4-21(2)32-29(36)27(17-22-11-6-5-7-12-22)33(19-23-13-8-9-16-26(23)31)28(35)20-34(39(3,37)38)25-15-10-14-24(30)18-25/h5-16,18,21,27H,4,17,19-20H2,1-3H3,(H,32,36)/t21-,27+/m1/s1. The van der Waals surface area contributed by atoms with Crippen molar-refractivity contribution in [2.24, 2.45) is 0 Å². The van der Waals surface area contributed by atoms with Crippen molar-refractivity contribution >= 4 is 50.7 Å². The number of carbonyl (C=O) groups is 2. The van der Waals surface area contributed by atoms with Crippen molar-refractivity contribution in [1.29, 1.82) is 0 Å². The van der Waals surface area contributed by atoms with Crippen molar-refractivity contribution in [3.8, 4) is 0 Å². The molecule has 0 aliphatic heterocycles. The van der Waals surface area contributed by atoms with Crippen LogP contribution in [0.2, 0.25) is 10.0 Å². The van der Waals surface area contributed by atoms with Crippen LogP contribution in [0, 0.1) is 0 Å². The molecule has 0 heterocycles. The number of hydrogen-bond donors (Lipinski definition) is 1. The Hall–Kier alpha value is -3.07. The van der Waals surface area contributed by atoms with Gasteiger partial charge in [-0.2, -0.15) is 0 Å². The SMILES string of the molecule is CC[C@@H](C)NC(=O)[C@H](Cc1ccccc1)N(Cc1ccccc1Cl)C(=O)CN(c1cccc(Cl)c1)S(C)(=O)=O. The number of amides is 2. The van der Waals surface area contributed by atoms with Gasteiger partial charge in [0.15, 0.2) is 0 Å². The van der Waals surface area contributed by atoms with E-state index in [1.807, 2.05) is 44.2 Å². The van der Waals surface area contributed by atoms with Crippen LogP contribution in [0.1, 0.15) is 31.4 Å². The highest BCUT2D eigenvalue weighted by atomic mass is 35.5. The largest absolute Gasteiger partial charge is 0.352 e. The Morgan fingerprint density at radius 1 is 0.949 bits per heavy atom. The zero-order chi connectivity index (χ0) is 28.6. The normalized spacial score (nSPS) is 12.8. The number of anilines is 1. The predicted octanol–water partition coefficient (Wildman–Crippen LogP) is 5.31. The lowest BCUT2D eigenvalue weighted by molar-refractivity contribution is -0.140. The van der Waals surface area contributed by atoms with Crippen molar-refractivity contribution in [3.05, 3.63) is 100 Å². The predicted molar refractivity (Wildman–Crippen MR) is 157 cm³/mol. The Balaban J connectivity index is 2.07. The summed E-state index contributed by atoms with van der Waals surface area (Å²) in [6, 6.07) is 21.7. The summed E-state index contributed by atoms with van der Waals surface area (Å²) in [5.41, 5.74) is 1.74. The molecule has 0 fully saturated rings. The average Bonchev–Trinajstić information content (AvgIpc) is 2.89. The van der Waals surface area contributed by atoms with E-state index in [0.29, 0.717) is 22.0 Å². The molecule has 2 amide bonds. The minimum Gasteiger partial charge on any atom is -0.352 e. The van der Waals surface area contributed by atoms with Gasteiger partial charge >= 0.3 is 0 Å². The molecule has 1 N–H and O–H groups in total. The molecule has 0 saturated heterocycles. The lowest BCUT2D eigenvalue weighted by atomic mass is 10.0. The minimum atomic E-state index is -3.87. The molecule has 7 nitrogen and oxygen atoms in total. The third kappa shape index (κ3) is 8.71. The molecule has 0 aromatic heterocycles. The zero-order valence-electron chi connectivity index (χ0n) is 22.2. The summed E-state index contributed by atoms with van der Waals surface area (Å²) < 4.78 is 26.6. The molecule has 208 valence electrons. The van der Waals surface area contributed by atoms with Crippen LogP contribution in [-0.2, 0) is 32.6 Å². The van der Waals surface area contributed by atoms with Crippen molar-refractivity contribution in [1.82, 2.24) is 10.2 Å². The minimum absolute atomic E-state index is 0.0110. The van der Waals surface area contributed by atoms with Gasteiger partial charge in [0.1, 0.15) is 12.6 Å². The maximum Gasteiger partial charge on any atom is 0.244 e. The fourth-order valence-electron chi connectivity index (χ4n) is 4.05. The topological polar surface area (TPSA) is 86.8 Å². The third-order valence-electron chi connectivity index (χ3n) is 6.35. The van der Waals surface area contributed by atoms with Crippen LogP contribution in [-0.4, -0.2) is 50.0 Å². The second-order valence-corrected chi connectivity index (χ2v) is 12.1. The molecule has 3 rings (SSSR count). The Morgan fingerprint density at radius 3 is 2.23 bits per heavy atom. The van der Waals surface area contributed by atoms with Crippen molar-refractivity contribution in [3.63, 3.8) is 0 Å². The average molecular weight is 591 g/mol. The number of nitrogens with zero attached hydrogens (tertiary/aromatic N) is 2. The molecule has 3 aromatic carbocycles. The first kappa shape index (κ1) is 30.5. The first-order valence-corrected chi connectivity index (χ1v) is 15.2. The van der Waals surface area contributed by atoms with Crippen LogP contribution in [0.25, 0.3) is 0 Å². The summed E-state index contributed by atoms with van der Waals surface area (Å²) in [6.45, 7) is 3.34. The molecule has 2 atom stereocenters. The number of nitrogens with one attached hydrogen (secondary N) is 1. The molecule has 39 heavy (non-hydrogen) atoms. The van der Waals surface area contributed by atoms with E-state index in [0.717, 1.165) is 16.1 Å². The first-order valence-electron chi connectivity index (χ1n) is 12.6. The summed E-state index contributed by atoms with van der Waals surface area (Å²) >= 11 is 12.6. The van der Waals surface area contributed by atoms with E-state index in [2.05, 4.69) is 5.32 Å². The molecule has 0 saturated carbocycles. The molecule has 10 heteroatoms. The Labute approximate surface area is 240 Å². The van der Waals surface area contributed by atoms with E-state index in [1.54, 1.807) is 42.5 Å². The quantitative estimate of drug-likeness (QED) is 0.310. The van der Waals surface area contributed by atoms with E-state index >= 15 is 0 Å². The van der Waals surface area contributed by atoms with Crippen LogP contribution in [0.15, 0.2) is 78.9 Å².